The van der Waals surface area contributed by atoms with Crippen molar-refractivity contribution < 1.29 is 0 Å². The second kappa shape index (κ2) is 5.52. The smallest absolute Gasteiger partial charge is 0.187 e. The highest BCUT2D eigenvalue weighted by atomic mass is 35.5. The molecular weight excluding hydrogens is 256 g/mol. The van der Waals surface area contributed by atoms with E-state index in [1.165, 1.54) is 0 Å². The first-order valence-electron chi connectivity index (χ1n) is 5.90. The number of thiazole rings is 1. The Labute approximate surface area is 111 Å². The van der Waals surface area contributed by atoms with Crippen molar-refractivity contribution in [3.05, 3.63) is 10.0 Å². The molecule has 0 saturated carbocycles. The monoisotopic (exact) mass is 274 g/mol. The summed E-state index contributed by atoms with van der Waals surface area (Å²) in [4.78, 5) is 10.2. The first kappa shape index (κ1) is 13.1. The largest absolute Gasteiger partial charge is 0.345 e. The Bertz CT molecular complexity index is 372. The van der Waals surface area contributed by atoms with E-state index in [1.807, 2.05) is 6.92 Å². The lowest BCUT2D eigenvalue weighted by molar-refractivity contribution is 0.313. The zero-order valence-electron chi connectivity index (χ0n) is 10.3. The lowest BCUT2D eigenvalue weighted by Crippen LogP contribution is -2.44. The zero-order chi connectivity index (χ0) is 12.4. The van der Waals surface area contributed by atoms with Gasteiger partial charge in [-0.2, -0.15) is 0 Å². The quantitative estimate of drug-likeness (QED) is 0.906. The minimum absolute atomic E-state index is 0.133. The maximum atomic E-state index is 6.14. The molecule has 0 radical (unpaired) electrons. The van der Waals surface area contributed by atoms with Crippen LogP contribution in [0.2, 0.25) is 5.15 Å². The van der Waals surface area contributed by atoms with Crippen molar-refractivity contribution >= 4 is 28.1 Å². The Hall–Kier alpha value is -0.360. The Morgan fingerprint density at radius 2 is 2.06 bits per heavy atom. The van der Waals surface area contributed by atoms with Crippen LogP contribution in [0.25, 0.3) is 0 Å². The minimum atomic E-state index is 0.133. The van der Waals surface area contributed by atoms with E-state index in [4.69, 9.17) is 17.3 Å². The molecule has 0 spiro atoms. The van der Waals surface area contributed by atoms with Crippen molar-refractivity contribution in [3.63, 3.8) is 0 Å². The van der Waals surface area contributed by atoms with E-state index in [-0.39, 0.29) is 6.04 Å². The first-order valence-corrected chi connectivity index (χ1v) is 7.10. The van der Waals surface area contributed by atoms with Gasteiger partial charge in [0.25, 0.3) is 0 Å². The van der Waals surface area contributed by atoms with E-state index in [0.717, 1.165) is 42.6 Å². The molecule has 1 aromatic rings. The number of anilines is 1. The molecule has 1 aliphatic rings. The second-order valence-corrected chi connectivity index (χ2v) is 6.10. The van der Waals surface area contributed by atoms with Crippen molar-refractivity contribution in [1.82, 2.24) is 9.88 Å². The van der Waals surface area contributed by atoms with Crippen LogP contribution >= 0.6 is 22.9 Å². The van der Waals surface area contributed by atoms with Gasteiger partial charge < -0.3 is 15.5 Å². The number of aromatic nitrogens is 1. The third-order valence-electron chi connectivity index (χ3n) is 2.92. The predicted octanol–water partition coefficient (Wildman–Crippen LogP) is 1.44. The Kier molecular flexibility index (Phi) is 4.25. The fourth-order valence-corrected chi connectivity index (χ4v) is 3.34. The van der Waals surface area contributed by atoms with Crippen LogP contribution < -0.4 is 10.6 Å². The van der Waals surface area contributed by atoms with Gasteiger partial charge in [0.1, 0.15) is 5.15 Å². The molecule has 1 aromatic heterocycles. The van der Waals surface area contributed by atoms with E-state index in [0.29, 0.717) is 5.15 Å². The number of halogens is 1. The van der Waals surface area contributed by atoms with Crippen LogP contribution in [0, 0.1) is 0 Å². The van der Waals surface area contributed by atoms with Gasteiger partial charge in [-0.3, -0.25) is 0 Å². The Balaban J connectivity index is 2.06. The molecule has 2 heterocycles. The van der Waals surface area contributed by atoms with Gasteiger partial charge in [0.05, 0.1) is 0 Å². The molecule has 1 fully saturated rings. The number of hydrogen-bond donors (Lipinski definition) is 1. The molecular formula is C11H19ClN4S. The number of rotatable bonds is 3. The number of piperazine rings is 1. The van der Waals surface area contributed by atoms with Crippen LogP contribution in [-0.4, -0.2) is 49.2 Å². The van der Waals surface area contributed by atoms with E-state index in [1.54, 1.807) is 11.3 Å². The first-order chi connectivity index (χ1) is 8.06. The average Bonchev–Trinajstić information content (AvgIpc) is 2.60. The highest BCUT2D eigenvalue weighted by Gasteiger charge is 2.19. The van der Waals surface area contributed by atoms with Gasteiger partial charge in [-0.25, -0.2) is 4.98 Å². The standard InChI is InChI=1S/C11H19ClN4S/c1-8(13)7-9-10(12)14-11(17-9)16-5-3-15(2)4-6-16/h8H,3-7,13H2,1-2H3. The van der Waals surface area contributed by atoms with Crippen molar-refractivity contribution in [3.8, 4) is 0 Å². The lowest BCUT2D eigenvalue weighted by Gasteiger charge is -2.32. The summed E-state index contributed by atoms with van der Waals surface area (Å²) in [7, 11) is 2.15. The van der Waals surface area contributed by atoms with E-state index in [9.17, 15) is 0 Å². The van der Waals surface area contributed by atoms with Gasteiger partial charge in [-0.05, 0) is 20.4 Å². The summed E-state index contributed by atoms with van der Waals surface area (Å²) in [6, 6.07) is 0.133. The summed E-state index contributed by atoms with van der Waals surface area (Å²) in [5.74, 6) is 0. The van der Waals surface area contributed by atoms with Crippen LogP contribution in [0.3, 0.4) is 0 Å². The molecule has 1 aliphatic heterocycles. The van der Waals surface area contributed by atoms with Crippen molar-refractivity contribution in [2.75, 3.05) is 38.1 Å². The molecule has 0 amide bonds. The molecule has 4 nitrogen and oxygen atoms in total. The topological polar surface area (TPSA) is 45.4 Å². The average molecular weight is 275 g/mol. The van der Waals surface area contributed by atoms with Crippen LogP contribution in [0.5, 0.6) is 0 Å². The second-order valence-electron chi connectivity index (χ2n) is 4.68. The molecule has 0 bridgehead atoms. The highest BCUT2D eigenvalue weighted by Crippen LogP contribution is 2.30. The van der Waals surface area contributed by atoms with Crippen LogP contribution in [0.1, 0.15) is 11.8 Å². The number of likely N-dealkylation sites (N-methyl/N-ethyl adjacent to an activating group) is 1. The zero-order valence-corrected chi connectivity index (χ0v) is 11.9. The van der Waals surface area contributed by atoms with Crippen molar-refractivity contribution in [2.45, 2.75) is 19.4 Å². The molecule has 6 heteroatoms. The molecule has 0 aliphatic carbocycles. The van der Waals surface area contributed by atoms with Crippen LogP contribution in [0.15, 0.2) is 0 Å². The third kappa shape index (κ3) is 3.31. The minimum Gasteiger partial charge on any atom is -0.345 e. The molecule has 96 valence electrons. The number of nitrogens with two attached hydrogens (primary N) is 1. The third-order valence-corrected chi connectivity index (χ3v) is 4.48. The summed E-state index contributed by atoms with van der Waals surface area (Å²) >= 11 is 7.82. The van der Waals surface area contributed by atoms with Gasteiger partial charge in [0.15, 0.2) is 5.13 Å². The maximum Gasteiger partial charge on any atom is 0.187 e. The highest BCUT2D eigenvalue weighted by molar-refractivity contribution is 7.16. The van der Waals surface area contributed by atoms with Gasteiger partial charge in [0.2, 0.25) is 0 Å². The van der Waals surface area contributed by atoms with Gasteiger partial charge in [0, 0.05) is 37.1 Å². The van der Waals surface area contributed by atoms with E-state index in [2.05, 4.69) is 21.8 Å². The SMILES string of the molecule is CC(N)Cc1sc(N2CCN(C)CC2)nc1Cl. The van der Waals surface area contributed by atoms with Gasteiger partial charge in [-0.1, -0.05) is 11.6 Å². The van der Waals surface area contributed by atoms with Gasteiger partial charge in [-0.15, -0.1) is 11.3 Å². The maximum absolute atomic E-state index is 6.14. The number of hydrogen-bond acceptors (Lipinski definition) is 5. The Morgan fingerprint density at radius 3 is 2.65 bits per heavy atom. The van der Waals surface area contributed by atoms with Crippen molar-refractivity contribution in [2.24, 2.45) is 5.73 Å². The van der Waals surface area contributed by atoms with Crippen LogP contribution in [-0.2, 0) is 6.42 Å². The molecule has 1 unspecified atom stereocenters. The van der Waals surface area contributed by atoms with E-state index < -0.39 is 0 Å². The molecule has 2 N–H and O–H groups in total. The van der Waals surface area contributed by atoms with Crippen LogP contribution in [0.4, 0.5) is 5.13 Å². The molecule has 1 saturated heterocycles. The summed E-state index contributed by atoms with van der Waals surface area (Å²) < 4.78 is 0. The number of nitrogens with zero attached hydrogens (tertiary/aromatic N) is 3. The molecule has 0 aromatic carbocycles. The fourth-order valence-electron chi connectivity index (χ4n) is 1.87. The predicted molar refractivity (Wildman–Crippen MR) is 74.2 cm³/mol. The molecule has 2 rings (SSSR count). The van der Waals surface area contributed by atoms with E-state index >= 15 is 0 Å². The lowest BCUT2D eigenvalue weighted by atomic mass is 10.2. The molecule has 1 atom stereocenters. The van der Waals surface area contributed by atoms with Gasteiger partial charge >= 0.3 is 0 Å². The fraction of sp³-hybridized carbons (Fsp3) is 0.727. The molecule has 17 heavy (non-hydrogen) atoms. The summed E-state index contributed by atoms with van der Waals surface area (Å²) in [5, 5.41) is 1.67. The Morgan fingerprint density at radius 1 is 1.41 bits per heavy atom. The summed E-state index contributed by atoms with van der Waals surface area (Å²) in [6.07, 6.45) is 0.810. The summed E-state index contributed by atoms with van der Waals surface area (Å²) in [5.41, 5.74) is 5.80. The normalized spacial score (nSPS) is 19.6. The van der Waals surface area contributed by atoms with Crippen molar-refractivity contribution in [1.29, 1.82) is 0 Å². The summed E-state index contributed by atoms with van der Waals surface area (Å²) in [6.45, 7) is 6.21.